The molecule has 2 aromatic carbocycles. The molecule has 2 aromatic rings. The molecule has 3 N–H and O–H groups in total. The van der Waals surface area contributed by atoms with Gasteiger partial charge in [-0.2, -0.15) is 0 Å². The van der Waals surface area contributed by atoms with Crippen molar-refractivity contribution in [1.29, 1.82) is 0 Å². The number of nitro groups is 1. The van der Waals surface area contributed by atoms with Gasteiger partial charge in [0.25, 0.3) is 11.6 Å². The largest absolute Gasteiger partial charge is 0.484 e. The number of rotatable bonds is 6. The number of non-ortho nitro benzene ring substituents is 1. The third-order valence-corrected chi connectivity index (χ3v) is 4.65. The molecule has 0 saturated carbocycles. The van der Waals surface area contributed by atoms with Gasteiger partial charge in [0.2, 0.25) is 5.91 Å². The summed E-state index contributed by atoms with van der Waals surface area (Å²) in [5.74, 6) is -0.540. The molecule has 11 heteroatoms. The van der Waals surface area contributed by atoms with Crippen LogP contribution >= 0.6 is 28.1 Å². The van der Waals surface area contributed by atoms with Crippen LogP contribution < -0.4 is 20.9 Å². The molecule has 0 atom stereocenters. The van der Waals surface area contributed by atoms with Crippen molar-refractivity contribution in [3.8, 4) is 5.75 Å². The number of nitro benzene ring substituents is 1. The van der Waals surface area contributed by atoms with E-state index in [0.717, 1.165) is 16.1 Å². The second-order valence-corrected chi connectivity index (χ2v) is 7.14. The first-order chi connectivity index (χ1) is 14.2. The van der Waals surface area contributed by atoms with Gasteiger partial charge in [-0.25, -0.2) is 0 Å². The van der Waals surface area contributed by atoms with E-state index in [0.29, 0.717) is 11.3 Å². The zero-order valence-electron chi connectivity index (χ0n) is 15.7. The highest BCUT2D eigenvalue weighted by molar-refractivity contribution is 9.10. The molecule has 0 bridgehead atoms. The number of benzene rings is 2. The molecule has 0 aliphatic rings. The number of carbonyl (C=O) groups is 2. The van der Waals surface area contributed by atoms with Crippen LogP contribution in [0.15, 0.2) is 53.0 Å². The van der Waals surface area contributed by atoms with Gasteiger partial charge in [-0.3, -0.25) is 35.9 Å². The Kier molecular flexibility index (Phi) is 8.44. The number of hydrogen-bond acceptors (Lipinski definition) is 6. The van der Waals surface area contributed by atoms with Crippen molar-refractivity contribution in [3.63, 3.8) is 0 Å². The van der Waals surface area contributed by atoms with Gasteiger partial charge in [0.05, 0.1) is 4.92 Å². The van der Waals surface area contributed by atoms with Crippen LogP contribution in [-0.4, -0.2) is 28.5 Å². The number of ether oxygens (including phenoxy) is 1. The number of halogens is 1. The number of carbonyl (C=O) groups excluding carboxylic acids is 2. The van der Waals surface area contributed by atoms with E-state index in [1.165, 1.54) is 24.3 Å². The summed E-state index contributed by atoms with van der Waals surface area (Å²) in [5.41, 5.74) is 6.04. The number of nitrogens with one attached hydrogen (secondary N) is 3. The Hall–Kier alpha value is -3.31. The van der Waals surface area contributed by atoms with Crippen molar-refractivity contribution in [2.24, 2.45) is 0 Å². The zero-order chi connectivity index (χ0) is 22.1. The average Bonchev–Trinajstić information content (AvgIpc) is 2.71. The fourth-order valence-corrected chi connectivity index (χ4v) is 2.52. The summed E-state index contributed by atoms with van der Waals surface area (Å²) in [6, 6.07) is 11.1. The Morgan fingerprint density at radius 2 is 2.00 bits per heavy atom. The number of hydrogen-bond donors (Lipinski definition) is 3. The fourth-order valence-electron chi connectivity index (χ4n) is 2.12. The van der Waals surface area contributed by atoms with E-state index in [4.69, 9.17) is 17.0 Å². The lowest BCUT2D eigenvalue weighted by atomic mass is 10.2. The second-order valence-electron chi connectivity index (χ2n) is 5.88. The number of aryl methyl sites for hydroxylation is 1. The molecule has 0 heterocycles. The summed E-state index contributed by atoms with van der Waals surface area (Å²) in [4.78, 5) is 33.9. The molecule has 2 amide bonds. The summed E-state index contributed by atoms with van der Waals surface area (Å²) >= 11 is 8.29. The number of amides is 2. The molecule has 0 aliphatic carbocycles. The second kappa shape index (κ2) is 11.0. The van der Waals surface area contributed by atoms with Crippen LogP contribution in [0.4, 0.5) is 5.69 Å². The molecule has 0 spiro atoms. The van der Waals surface area contributed by atoms with Crippen LogP contribution in [-0.2, 0) is 9.59 Å². The highest BCUT2D eigenvalue weighted by Gasteiger charge is 2.07. The molecule has 9 nitrogen and oxygen atoms in total. The summed E-state index contributed by atoms with van der Waals surface area (Å²) in [5, 5.41) is 13.0. The first-order valence-electron chi connectivity index (χ1n) is 8.46. The lowest BCUT2D eigenvalue weighted by molar-refractivity contribution is -0.384. The fraction of sp³-hybridized carbons (Fsp3) is 0.105. The Balaban J connectivity index is 1.74. The number of thiocarbonyl (C=S) groups is 1. The van der Waals surface area contributed by atoms with E-state index < -0.39 is 16.7 Å². The van der Waals surface area contributed by atoms with Crippen molar-refractivity contribution in [2.75, 3.05) is 6.61 Å². The van der Waals surface area contributed by atoms with Gasteiger partial charge in [0.15, 0.2) is 11.7 Å². The quantitative estimate of drug-likeness (QED) is 0.245. The number of hydrazine groups is 1. The Morgan fingerprint density at radius 3 is 2.70 bits per heavy atom. The molecular formula is C19H17BrN4O5S. The van der Waals surface area contributed by atoms with Gasteiger partial charge >= 0.3 is 0 Å². The SMILES string of the molecule is Cc1cc(OCC(=O)NNC(=S)NC(=O)/C=C/c2cccc([N+](=O)[O-])c2)ccc1Br. The molecular weight excluding hydrogens is 476 g/mol. The van der Waals surface area contributed by atoms with Crippen molar-refractivity contribution >= 4 is 56.8 Å². The van der Waals surface area contributed by atoms with Gasteiger partial charge in [0.1, 0.15) is 5.75 Å². The standard InChI is InChI=1S/C19H17BrN4O5S/c1-12-9-15(6-7-16(12)20)29-11-18(26)22-23-19(30)21-17(25)8-5-13-3-2-4-14(10-13)24(27)28/h2-10H,11H2,1H3,(H,22,26)(H2,21,23,25,30)/b8-5+. The third kappa shape index (κ3) is 7.60. The Bertz CT molecular complexity index is 1010. The summed E-state index contributed by atoms with van der Waals surface area (Å²) < 4.78 is 6.30. The van der Waals surface area contributed by atoms with E-state index in [2.05, 4.69) is 32.1 Å². The minimum absolute atomic E-state index is 0.0852. The molecule has 156 valence electrons. The van der Waals surface area contributed by atoms with Crippen molar-refractivity contribution < 1.29 is 19.2 Å². The van der Waals surface area contributed by atoms with E-state index in [9.17, 15) is 19.7 Å². The lowest BCUT2D eigenvalue weighted by Crippen LogP contribution is -2.49. The average molecular weight is 493 g/mol. The van der Waals surface area contributed by atoms with E-state index >= 15 is 0 Å². The normalized spacial score (nSPS) is 10.3. The van der Waals surface area contributed by atoms with Crippen molar-refractivity contribution in [2.45, 2.75) is 6.92 Å². The van der Waals surface area contributed by atoms with Crippen LogP contribution in [0.1, 0.15) is 11.1 Å². The third-order valence-electron chi connectivity index (χ3n) is 3.56. The molecule has 0 aromatic heterocycles. The summed E-state index contributed by atoms with van der Waals surface area (Å²) in [6.07, 6.45) is 2.56. The smallest absolute Gasteiger partial charge is 0.276 e. The van der Waals surface area contributed by atoms with Crippen LogP contribution in [0.5, 0.6) is 5.75 Å². The molecule has 0 unspecified atom stereocenters. The number of nitrogens with zero attached hydrogens (tertiary/aromatic N) is 1. The van der Waals surface area contributed by atoms with Crippen molar-refractivity contribution in [1.82, 2.24) is 16.2 Å². The highest BCUT2D eigenvalue weighted by Crippen LogP contribution is 2.21. The molecule has 0 fully saturated rings. The molecule has 0 saturated heterocycles. The van der Waals surface area contributed by atoms with Crippen LogP contribution in [0.3, 0.4) is 0 Å². The summed E-state index contributed by atoms with van der Waals surface area (Å²) in [6.45, 7) is 1.64. The van der Waals surface area contributed by atoms with Gasteiger partial charge in [-0.1, -0.05) is 28.1 Å². The monoisotopic (exact) mass is 492 g/mol. The van der Waals surface area contributed by atoms with Gasteiger partial charge in [-0.15, -0.1) is 0 Å². The van der Waals surface area contributed by atoms with Crippen LogP contribution in [0.2, 0.25) is 0 Å². The van der Waals surface area contributed by atoms with Gasteiger partial charge in [0, 0.05) is 22.7 Å². The zero-order valence-corrected chi connectivity index (χ0v) is 18.1. The minimum Gasteiger partial charge on any atom is -0.484 e. The van der Waals surface area contributed by atoms with Crippen LogP contribution in [0, 0.1) is 17.0 Å². The minimum atomic E-state index is -0.574. The van der Waals surface area contributed by atoms with E-state index in [-0.39, 0.29) is 17.4 Å². The summed E-state index contributed by atoms with van der Waals surface area (Å²) in [7, 11) is 0. The van der Waals surface area contributed by atoms with E-state index in [1.807, 2.05) is 13.0 Å². The maximum absolute atomic E-state index is 11.9. The van der Waals surface area contributed by atoms with Gasteiger partial charge in [-0.05, 0) is 54.5 Å². The van der Waals surface area contributed by atoms with Gasteiger partial charge < -0.3 is 4.74 Å². The lowest BCUT2D eigenvalue weighted by Gasteiger charge is -2.11. The Morgan fingerprint density at radius 1 is 1.23 bits per heavy atom. The molecule has 2 rings (SSSR count). The molecule has 30 heavy (non-hydrogen) atoms. The first kappa shape index (κ1) is 23.0. The van der Waals surface area contributed by atoms with Crippen LogP contribution in [0.25, 0.3) is 6.08 Å². The molecule has 0 radical (unpaired) electrons. The Labute approximate surface area is 185 Å². The predicted molar refractivity (Wildman–Crippen MR) is 119 cm³/mol. The molecule has 0 aliphatic heterocycles. The first-order valence-corrected chi connectivity index (χ1v) is 9.66. The van der Waals surface area contributed by atoms with E-state index in [1.54, 1.807) is 18.2 Å². The highest BCUT2D eigenvalue weighted by atomic mass is 79.9. The predicted octanol–water partition coefficient (Wildman–Crippen LogP) is 2.78. The maximum Gasteiger partial charge on any atom is 0.276 e. The topological polar surface area (TPSA) is 123 Å². The maximum atomic E-state index is 11.9. The van der Waals surface area contributed by atoms with Crippen molar-refractivity contribution in [3.05, 3.63) is 74.3 Å².